The van der Waals surface area contributed by atoms with Gasteiger partial charge in [0, 0.05) is 37.5 Å². The number of piperidine rings is 1. The van der Waals surface area contributed by atoms with E-state index in [0.717, 1.165) is 30.0 Å². The summed E-state index contributed by atoms with van der Waals surface area (Å²) in [5.41, 5.74) is 1.82. The summed E-state index contributed by atoms with van der Waals surface area (Å²) in [7, 11) is 0. The van der Waals surface area contributed by atoms with E-state index < -0.39 is 23.8 Å². The lowest BCUT2D eigenvalue weighted by molar-refractivity contribution is -0.136. The number of nitrogens with one attached hydrogen (secondary N) is 3. The Hall–Kier alpha value is -2.58. The van der Waals surface area contributed by atoms with Crippen LogP contribution in [0, 0.1) is 5.41 Å². The lowest BCUT2D eigenvalue weighted by atomic mass is 9.77. The van der Waals surface area contributed by atoms with E-state index in [-0.39, 0.29) is 18.7 Å². The molecule has 1 aromatic rings. The first-order valence-corrected chi connectivity index (χ1v) is 10.3. The lowest BCUT2D eigenvalue weighted by Gasteiger charge is -2.44. The molecule has 0 radical (unpaired) electrons. The molecule has 3 heterocycles. The van der Waals surface area contributed by atoms with Gasteiger partial charge in [-0.1, -0.05) is 18.6 Å². The topological polar surface area (TPSA) is 108 Å². The molecule has 29 heavy (non-hydrogen) atoms. The first-order valence-electron chi connectivity index (χ1n) is 10.3. The van der Waals surface area contributed by atoms with Crippen LogP contribution in [0.3, 0.4) is 0 Å². The second kappa shape index (κ2) is 6.74. The van der Waals surface area contributed by atoms with Gasteiger partial charge in [-0.2, -0.15) is 0 Å². The second-order valence-electron chi connectivity index (χ2n) is 8.58. The fourth-order valence-corrected chi connectivity index (χ4v) is 5.29. The zero-order chi connectivity index (χ0) is 20.2. The van der Waals surface area contributed by atoms with Gasteiger partial charge in [-0.05, 0) is 30.9 Å². The first kappa shape index (κ1) is 18.4. The zero-order valence-electron chi connectivity index (χ0n) is 16.1. The fraction of sp³-hybridized carbons (Fsp3) is 0.524. The van der Waals surface area contributed by atoms with Gasteiger partial charge in [0.25, 0.3) is 11.8 Å². The maximum absolute atomic E-state index is 13.1. The van der Waals surface area contributed by atoms with Gasteiger partial charge < -0.3 is 10.6 Å². The maximum atomic E-state index is 13.1. The molecule has 1 aliphatic carbocycles. The molecule has 2 unspecified atom stereocenters. The summed E-state index contributed by atoms with van der Waals surface area (Å²) in [6.45, 7) is 2.56. The summed E-state index contributed by atoms with van der Waals surface area (Å²) in [6, 6.07) is 4.76. The largest absolute Gasteiger partial charge is 0.315 e. The summed E-state index contributed by atoms with van der Waals surface area (Å²) in [6.07, 6.45) is 3.82. The molecule has 2 atom stereocenters. The van der Waals surface area contributed by atoms with Crippen LogP contribution in [0.1, 0.15) is 58.4 Å². The summed E-state index contributed by atoms with van der Waals surface area (Å²) in [4.78, 5) is 50.8. The van der Waals surface area contributed by atoms with Crippen molar-refractivity contribution in [2.24, 2.45) is 5.41 Å². The number of benzene rings is 1. The van der Waals surface area contributed by atoms with Gasteiger partial charge in [-0.3, -0.25) is 29.4 Å². The van der Waals surface area contributed by atoms with Crippen molar-refractivity contribution >= 4 is 23.6 Å². The fourth-order valence-electron chi connectivity index (χ4n) is 5.29. The van der Waals surface area contributed by atoms with Crippen molar-refractivity contribution in [3.8, 4) is 0 Å². The number of carbonyl (C=O) groups is 4. The monoisotopic (exact) mass is 396 g/mol. The minimum atomic E-state index is -0.930. The molecule has 5 rings (SSSR count). The van der Waals surface area contributed by atoms with E-state index >= 15 is 0 Å². The van der Waals surface area contributed by atoms with Crippen LogP contribution in [-0.2, 0) is 16.1 Å². The van der Waals surface area contributed by atoms with Gasteiger partial charge >= 0.3 is 0 Å². The maximum Gasteiger partial charge on any atom is 0.262 e. The van der Waals surface area contributed by atoms with Crippen LogP contribution in [0.15, 0.2) is 18.2 Å². The highest BCUT2D eigenvalue weighted by Gasteiger charge is 2.48. The molecule has 2 saturated heterocycles. The Morgan fingerprint density at radius 2 is 1.93 bits per heavy atom. The van der Waals surface area contributed by atoms with Crippen molar-refractivity contribution in [3.63, 3.8) is 0 Å². The molecule has 3 aliphatic heterocycles. The molecule has 8 nitrogen and oxygen atoms in total. The summed E-state index contributed by atoms with van der Waals surface area (Å²) >= 11 is 0. The number of imide groups is 2. The molecule has 3 N–H and O–H groups in total. The number of rotatable bonds is 4. The minimum absolute atomic E-state index is 0.121. The quantitative estimate of drug-likeness (QED) is 0.633. The van der Waals surface area contributed by atoms with Gasteiger partial charge in [0.15, 0.2) is 0 Å². The van der Waals surface area contributed by atoms with Crippen LogP contribution >= 0.6 is 0 Å². The smallest absolute Gasteiger partial charge is 0.262 e. The average molecular weight is 396 g/mol. The lowest BCUT2D eigenvalue weighted by Crippen LogP contribution is -2.60. The van der Waals surface area contributed by atoms with Gasteiger partial charge in [-0.15, -0.1) is 0 Å². The molecule has 0 bridgehead atoms. The van der Waals surface area contributed by atoms with E-state index in [1.54, 1.807) is 12.1 Å². The highest BCUT2D eigenvalue weighted by Crippen LogP contribution is 2.41. The Morgan fingerprint density at radius 1 is 1.10 bits per heavy atom. The molecule has 1 spiro atoms. The van der Waals surface area contributed by atoms with Crippen molar-refractivity contribution in [2.75, 3.05) is 13.1 Å². The molecular weight excluding hydrogens is 372 g/mol. The Kier molecular flexibility index (Phi) is 4.29. The third-order valence-electron chi connectivity index (χ3n) is 6.95. The van der Waals surface area contributed by atoms with E-state index in [9.17, 15) is 19.2 Å². The molecule has 3 fully saturated rings. The van der Waals surface area contributed by atoms with E-state index in [2.05, 4.69) is 16.0 Å². The first-order chi connectivity index (χ1) is 14.0. The number of hydrogen-bond donors (Lipinski definition) is 3. The summed E-state index contributed by atoms with van der Waals surface area (Å²) < 4.78 is 0. The predicted molar refractivity (Wildman–Crippen MR) is 103 cm³/mol. The van der Waals surface area contributed by atoms with Crippen molar-refractivity contribution < 1.29 is 19.2 Å². The number of fused-ring (bicyclic) bond motifs is 1. The van der Waals surface area contributed by atoms with Crippen molar-refractivity contribution in [3.05, 3.63) is 34.9 Å². The highest BCUT2D eigenvalue weighted by molar-refractivity contribution is 6.24. The Labute approximate surface area is 168 Å². The summed E-state index contributed by atoms with van der Waals surface area (Å²) in [5.74, 6) is -1.85. The van der Waals surface area contributed by atoms with Crippen LogP contribution in [-0.4, -0.2) is 53.7 Å². The van der Waals surface area contributed by atoms with E-state index in [4.69, 9.17) is 0 Å². The van der Waals surface area contributed by atoms with Crippen LogP contribution in [0.5, 0.6) is 0 Å². The molecule has 0 aromatic heterocycles. The number of hydrogen-bond acceptors (Lipinski definition) is 6. The van der Waals surface area contributed by atoms with Crippen molar-refractivity contribution in [1.82, 2.24) is 20.9 Å². The van der Waals surface area contributed by atoms with E-state index in [1.165, 1.54) is 12.8 Å². The Bertz CT molecular complexity index is 923. The van der Waals surface area contributed by atoms with Gasteiger partial charge in [0.05, 0.1) is 11.1 Å². The molecule has 4 amide bonds. The predicted octanol–water partition coefficient (Wildman–Crippen LogP) is 0.320. The number of carbonyl (C=O) groups excluding carboxylic acids is 4. The number of amides is 4. The normalized spacial score (nSPS) is 27.9. The molecule has 4 aliphatic rings. The second-order valence-corrected chi connectivity index (χ2v) is 8.58. The third-order valence-corrected chi connectivity index (χ3v) is 6.95. The van der Waals surface area contributed by atoms with Crippen LogP contribution in [0.25, 0.3) is 0 Å². The molecular formula is C21H24N4O4. The minimum Gasteiger partial charge on any atom is -0.315 e. The summed E-state index contributed by atoms with van der Waals surface area (Å²) in [5, 5.41) is 9.22. The number of nitrogens with zero attached hydrogens (tertiary/aromatic N) is 1. The standard InChI is InChI=1S/C21H24N4O4/c26-16-7-6-14(18(27)24-16)25-19(28)13-4-1-3-12(17(13)20(25)29)9-23-15-5-2-8-21(15)10-22-11-21/h1,3-4,14-15,22-23H,2,5-11H2,(H,24,26,27). The van der Waals surface area contributed by atoms with E-state index in [0.29, 0.717) is 29.1 Å². The molecule has 8 heteroatoms. The Morgan fingerprint density at radius 3 is 2.66 bits per heavy atom. The Balaban J connectivity index is 1.38. The van der Waals surface area contributed by atoms with Crippen molar-refractivity contribution in [2.45, 2.75) is 50.7 Å². The van der Waals surface area contributed by atoms with Gasteiger partial charge in [0.1, 0.15) is 6.04 Å². The molecule has 152 valence electrons. The van der Waals surface area contributed by atoms with Crippen molar-refractivity contribution in [1.29, 1.82) is 0 Å². The molecule has 1 aromatic carbocycles. The van der Waals surface area contributed by atoms with E-state index in [1.807, 2.05) is 6.07 Å². The highest BCUT2D eigenvalue weighted by atomic mass is 16.2. The van der Waals surface area contributed by atoms with Crippen LogP contribution in [0.4, 0.5) is 0 Å². The SMILES string of the molecule is O=C1CCC(N2C(=O)c3cccc(CNC4CCCC45CNC5)c3C2=O)C(=O)N1. The molecule has 1 saturated carbocycles. The van der Waals surface area contributed by atoms with Crippen LogP contribution in [0.2, 0.25) is 0 Å². The van der Waals surface area contributed by atoms with Crippen LogP contribution < -0.4 is 16.0 Å². The average Bonchev–Trinajstić information content (AvgIpc) is 3.21. The zero-order valence-corrected chi connectivity index (χ0v) is 16.1. The third kappa shape index (κ3) is 2.81. The van der Waals surface area contributed by atoms with Gasteiger partial charge in [-0.25, -0.2) is 0 Å². The van der Waals surface area contributed by atoms with Gasteiger partial charge in [0.2, 0.25) is 11.8 Å².